The molecule has 780 valence electrons. The molecule has 9 rings (SSSR count). The Kier molecular flexibility index (Phi) is 41.8. The summed E-state index contributed by atoms with van der Waals surface area (Å²) in [5, 5.41) is 336. The van der Waals surface area contributed by atoms with Gasteiger partial charge in [-0.05, 0) is 0 Å². The van der Waals surface area contributed by atoms with Gasteiger partial charge in [-0.3, -0.25) is 28.8 Å². The predicted molar refractivity (Wildman–Crippen MR) is 419 cm³/mol. The van der Waals surface area contributed by atoms with Crippen molar-refractivity contribution < 1.29 is 267 Å². The first kappa shape index (κ1) is 113. The summed E-state index contributed by atoms with van der Waals surface area (Å²) in [7, 11) is 0. The van der Waals surface area contributed by atoms with Crippen LogP contribution in [0.25, 0.3) is 0 Å². The first-order chi connectivity index (χ1) is 63.7. The minimum Gasteiger partial charge on any atom is -0.477 e. The molecule has 35 N–H and O–H groups in total. The Labute approximate surface area is 764 Å². The second kappa shape index (κ2) is 49.9. The van der Waals surface area contributed by atoms with E-state index in [1.165, 1.54) is 0 Å². The van der Waals surface area contributed by atoms with E-state index in [-0.39, 0.29) is 0 Å². The summed E-state index contributed by atoms with van der Waals surface area (Å²) < 4.78 is 106. The van der Waals surface area contributed by atoms with Gasteiger partial charge in [-0.2, -0.15) is 0 Å². The smallest absolute Gasteiger partial charge is 0.364 e. The van der Waals surface area contributed by atoms with Crippen molar-refractivity contribution in [3.8, 4) is 0 Å². The number of carbonyl (C=O) groups excluding carboxylic acids is 6. The summed E-state index contributed by atoms with van der Waals surface area (Å²) in [5.41, 5.74) is 0. The maximum atomic E-state index is 13.1. The van der Waals surface area contributed by atoms with Crippen molar-refractivity contribution in [1.82, 2.24) is 31.9 Å². The van der Waals surface area contributed by atoms with Gasteiger partial charge in [-0.1, -0.05) is 0 Å². The van der Waals surface area contributed by atoms with Crippen molar-refractivity contribution in [2.24, 2.45) is 0 Å². The van der Waals surface area contributed by atoms with Crippen LogP contribution >= 0.6 is 0 Å². The summed E-state index contributed by atoms with van der Waals surface area (Å²) in [6, 6.07) is -11.1. The highest BCUT2D eigenvalue weighted by molar-refractivity contribution is 5.77. The summed E-state index contributed by atoms with van der Waals surface area (Å²) in [4.78, 5) is 89.0. The second-order valence-electron chi connectivity index (χ2n) is 33.6. The number of amides is 6. The molecule has 0 aromatic rings. The number of rotatable bonds is 41. The Bertz CT molecular complexity index is 3760. The number of carboxylic acids is 1. The van der Waals surface area contributed by atoms with Gasteiger partial charge >= 0.3 is 5.97 Å². The summed E-state index contributed by atoms with van der Waals surface area (Å²) in [6.45, 7) is -7.12. The molecule has 0 bridgehead atoms. The van der Waals surface area contributed by atoms with Crippen molar-refractivity contribution in [1.29, 1.82) is 0 Å². The molecule has 135 heavy (non-hydrogen) atoms. The summed E-state index contributed by atoms with van der Waals surface area (Å²) in [5.74, 6) is -10.6. The Balaban J connectivity index is 0.889. The maximum absolute atomic E-state index is 13.1. The predicted octanol–water partition coefficient (Wildman–Crippen LogP) is -23.1. The molecular weight excluding hydrogens is 1850 g/mol. The molecule has 9 saturated heterocycles. The quantitative estimate of drug-likeness (QED) is 0.0270. The molecule has 6 amide bonds. The van der Waals surface area contributed by atoms with Crippen LogP contribution in [0.2, 0.25) is 0 Å². The Morgan fingerprint density at radius 1 is 0.326 bits per heavy atom. The molecule has 50 atom stereocenters. The van der Waals surface area contributed by atoms with E-state index in [0.29, 0.717) is 0 Å². The highest BCUT2D eigenvalue weighted by atomic mass is 16.8. The zero-order valence-corrected chi connectivity index (χ0v) is 73.0. The van der Waals surface area contributed by atoms with Gasteiger partial charge in [-0.15, -0.1) is 0 Å². The molecule has 9 fully saturated rings. The maximum Gasteiger partial charge on any atom is 0.364 e. The minimum absolute atomic E-state index is 0.802. The van der Waals surface area contributed by atoms with Gasteiger partial charge < -0.3 is 265 Å². The summed E-state index contributed by atoms with van der Waals surface area (Å²) >= 11 is 0. The Morgan fingerprint density at radius 3 is 0.926 bits per heavy atom. The standard InChI is InChI=1S/C75H126N6O54/c1-19(92)76-25(8-82)57(42(101)27(99)9-83)127-66-38(78-21(3)94)48(107)59(33(15-89)122-66)129-71-54(113)64(46(105)29(11-85)119-71)133-68-40(80-23(5)96)50(109)61(35(17-91)124-68)131-73-56(115)65(47(106)31(13-87)121-73)134-69-41(81-24(6)97)51(110)60(34(16-90)125-69)130-72-55(114)63(45(104)30(12-86)120-72)132-67-39(79-22(4)95)49(108)58(32(14-88)123-67)128-70-53(112)52(111)44(103)36(126-70)18-118-75(74(116)117)7-26(98)37(77-20(2)93)62(135-75)43(102)28(100)10-84/h25-73,82-91,98-115H,7-18H2,1-6H3,(H,76,92)(H,77,93)(H,78,94)(H,79,95)(H,80,96)(H,81,97)(H,116,117)/t25-,26-,27+,28+,29+,30+,31+,32+,33+,34+,35+,36+,37+,38+,39+,40+,41+,42-,43+,44-,45-,46-,47-,48+,49+,50+,51+,52-,53+,54+,55+,56+,57+,58+,59+,60+,61+,62+,63-,64-,65-,66-,67-,68-,69-,70-,71-,72-,73-,75+/m0/s1. The van der Waals surface area contributed by atoms with E-state index < -0.39 is 427 Å². The van der Waals surface area contributed by atoms with E-state index in [9.17, 15) is 182 Å². The van der Waals surface area contributed by atoms with Gasteiger partial charge in [-0.25, -0.2) is 4.79 Å². The SMILES string of the molecule is CC(=O)N[C@H]1[C@H](O[C@H]2[C@@H](O)[C@@H](CO)O[C@@H](O[C@H]3[C@H](O)[C@@H](NC(C)=O)[C@H](O[C@H]4[C@@H](O)[C@@H](CO)O[C@@H](O[C@H]5[C@H](O)[C@@H](NC(C)=O)[C@H](O[C@H]6[C@@H](O)[C@@H](CO)O[C@@H](O[C@H]7[C@H](O)[C@@H](NC(C)=O)[C@H](O[C@@H]([C@@H](O)[C@H](O)CO)[C@H](CO)NC(C)=O)O[C@@H]7CO)[C@@H]6O)O[C@@H]5CO)[C@@H]4O)O[C@@H]3CO)[C@@H]2O)O[C@H](CO)[C@@H](O[C@@H]2O[C@H](CO[C@]3(C(=O)O)C[C@H](O)[C@@H](NC(C)=O)[C@H]([C@H](O)[C@H](O)CO)O3)[C@H](O)[C@H](O)[C@H]2O)[C@@H]1O. The molecule has 0 saturated carbocycles. The van der Waals surface area contributed by atoms with Gasteiger partial charge in [0, 0.05) is 48.0 Å². The minimum atomic E-state index is -3.06. The molecule has 9 heterocycles. The number of carbonyl (C=O) groups is 7. The molecule has 0 unspecified atom stereocenters. The third-order valence-corrected chi connectivity index (χ3v) is 23.9. The van der Waals surface area contributed by atoms with Crippen LogP contribution in [0.5, 0.6) is 0 Å². The van der Waals surface area contributed by atoms with Crippen LogP contribution in [-0.2, 0) is 119 Å². The number of hydrogen-bond donors (Lipinski definition) is 35. The van der Waals surface area contributed by atoms with Crippen LogP contribution in [0.1, 0.15) is 48.0 Å². The number of hydrogen-bond acceptors (Lipinski definition) is 53. The average Bonchev–Trinajstić information content (AvgIpc) is 0.767. The fourth-order valence-electron chi connectivity index (χ4n) is 17.1. The lowest BCUT2D eigenvalue weighted by molar-refractivity contribution is -0.389. The number of aliphatic hydroxyl groups is 28. The van der Waals surface area contributed by atoms with Crippen LogP contribution in [0.15, 0.2) is 0 Å². The first-order valence-corrected chi connectivity index (χ1v) is 42.7. The molecule has 60 heteroatoms. The second-order valence-corrected chi connectivity index (χ2v) is 33.6. The van der Waals surface area contributed by atoms with Crippen molar-refractivity contribution >= 4 is 41.4 Å². The lowest BCUT2D eigenvalue weighted by atomic mass is 9.88. The zero-order valence-electron chi connectivity index (χ0n) is 73.0. The molecule has 60 nitrogen and oxygen atoms in total. The molecule has 0 spiro atoms. The van der Waals surface area contributed by atoms with Crippen LogP contribution in [-0.4, -0.2) is 568 Å². The lowest BCUT2D eigenvalue weighted by Gasteiger charge is -2.51. The Hall–Kier alpha value is -5.55. The molecular formula is C75H126N6O54. The highest BCUT2D eigenvalue weighted by Gasteiger charge is 2.63. The third kappa shape index (κ3) is 26.1. The number of aliphatic carboxylic acids is 1. The van der Waals surface area contributed by atoms with Crippen LogP contribution in [0.3, 0.4) is 0 Å². The van der Waals surface area contributed by atoms with Gasteiger partial charge in [0.05, 0.1) is 90.9 Å². The van der Waals surface area contributed by atoms with Gasteiger partial charge in [0.1, 0.15) is 232 Å². The number of ether oxygens (including phenoxy) is 18. The zero-order chi connectivity index (χ0) is 100. The largest absolute Gasteiger partial charge is 0.477 e. The molecule has 0 aromatic carbocycles. The molecule has 0 aromatic heterocycles. The Morgan fingerprint density at radius 2 is 0.622 bits per heavy atom. The van der Waals surface area contributed by atoms with Gasteiger partial charge in [0.25, 0.3) is 5.79 Å². The molecule has 9 aliphatic rings. The van der Waals surface area contributed by atoms with Crippen LogP contribution in [0, 0.1) is 0 Å². The molecule has 9 aliphatic heterocycles. The lowest BCUT2D eigenvalue weighted by Crippen LogP contribution is -2.71. The fraction of sp³-hybridized carbons (Fsp3) is 0.907. The average molecular weight is 1980 g/mol. The number of carboxylic acid groups (broad SMARTS) is 1. The van der Waals surface area contributed by atoms with Gasteiger partial charge in [0.2, 0.25) is 35.4 Å². The van der Waals surface area contributed by atoms with Crippen molar-refractivity contribution in [2.75, 3.05) is 72.7 Å². The van der Waals surface area contributed by atoms with E-state index in [1.807, 2.05) is 0 Å². The molecule has 0 aliphatic carbocycles. The van der Waals surface area contributed by atoms with Crippen LogP contribution in [0.4, 0.5) is 0 Å². The van der Waals surface area contributed by atoms with E-state index in [2.05, 4.69) is 31.9 Å². The molecule has 0 radical (unpaired) electrons. The first-order valence-electron chi connectivity index (χ1n) is 42.7. The van der Waals surface area contributed by atoms with Crippen LogP contribution < -0.4 is 31.9 Å². The van der Waals surface area contributed by atoms with E-state index in [4.69, 9.17) is 85.3 Å². The number of nitrogens with one attached hydrogen (secondary N) is 6. The third-order valence-electron chi connectivity index (χ3n) is 23.9. The normalized spacial score (nSPS) is 43.9. The van der Waals surface area contributed by atoms with E-state index in [1.54, 1.807) is 0 Å². The fourth-order valence-corrected chi connectivity index (χ4v) is 17.1. The topological polar surface area (TPSA) is 944 Å². The van der Waals surface area contributed by atoms with Gasteiger partial charge in [0.15, 0.2) is 50.3 Å². The highest BCUT2D eigenvalue weighted by Crippen LogP contribution is 2.42. The monoisotopic (exact) mass is 1970 g/mol. The summed E-state index contributed by atoms with van der Waals surface area (Å²) in [6.07, 6.45) is -93.3. The number of aliphatic hydroxyl groups excluding tert-OH is 28. The van der Waals surface area contributed by atoms with E-state index >= 15 is 0 Å². The van der Waals surface area contributed by atoms with Crippen molar-refractivity contribution in [3.05, 3.63) is 0 Å². The van der Waals surface area contributed by atoms with Crippen molar-refractivity contribution in [3.63, 3.8) is 0 Å². The van der Waals surface area contributed by atoms with Crippen molar-refractivity contribution in [2.45, 2.75) is 354 Å². The van der Waals surface area contributed by atoms with E-state index in [0.717, 1.165) is 41.5 Å².